The van der Waals surface area contributed by atoms with E-state index in [2.05, 4.69) is 5.32 Å². The topological polar surface area (TPSA) is 73.9 Å². The highest BCUT2D eigenvalue weighted by atomic mass is 16.7. The molecule has 20 heavy (non-hydrogen) atoms. The lowest BCUT2D eigenvalue weighted by Crippen LogP contribution is -2.46. The van der Waals surface area contributed by atoms with Gasteiger partial charge in [-0.15, -0.1) is 0 Å². The van der Waals surface area contributed by atoms with Crippen LogP contribution in [-0.2, 0) is 14.3 Å². The quantitative estimate of drug-likeness (QED) is 0.855. The standard InChI is InChI=1S/C14H17NO5/c1-3-18-11-6-4-10(5-7-11)15-12(16)14(2)8-19-13(17)20-9-14/h4-7H,3,8-9H2,1-2H3,(H,15,16). The number of ether oxygens (including phenoxy) is 3. The van der Waals surface area contributed by atoms with Gasteiger partial charge in [0.15, 0.2) is 0 Å². The molecule has 108 valence electrons. The molecule has 1 aromatic rings. The molecule has 0 unspecified atom stereocenters. The van der Waals surface area contributed by atoms with Crippen LogP contribution in [0.1, 0.15) is 13.8 Å². The summed E-state index contributed by atoms with van der Waals surface area (Å²) in [5, 5.41) is 2.77. The zero-order valence-electron chi connectivity index (χ0n) is 11.5. The van der Waals surface area contributed by atoms with Crippen molar-refractivity contribution < 1.29 is 23.8 Å². The highest BCUT2D eigenvalue weighted by molar-refractivity contribution is 5.95. The first-order valence-corrected chi connectivity index (χ1v) is 6.37. The number of hydrogen-bond acceptors (Lipinski definition) is 5. The molecule has 0 aliphatic carbocycles. The zero-order valence-corrected chi connectivity index (χ0v) is 11.5. The minimum Gasteiger partial charge on any atom is -0.494 e. The van der Waals surface area contributed by atoms with Crippen molar-refractivity contribution in [1.29, 1.82) is 0 Å². The summed E-state index contributed by atoms with van der Waals surface area (Å²) in [7, 11) is 0. The summed E-state index contributed by atoms with van der Waals surface area (Å²) in [5.41, 5.74) is -0.233. The molecule has 1 fully saturated rings. The van der Waals surface area contributed by atoms with Gasteiger partial charge in [0.1, 0.15) is 24.4 Å². The third-order valence-electron chi connectivity index (χ3n) is 2.99. The summed E-state index contributed by atoms with van der Waals surface area (Å²) in [4.78, 5) is 23.0. The van der Waals surface area contributed by atoms with E-state index in [1.807, 2.05) is 6.92 Å². The number of nitrogens with one attached hydrogen (secondary N) is 1. The van der Waals surface area contributed by atoms with Gasteiger partial charge in [-0.1, -0.05) is 0 Å². The molecule has 0 aromatic heterocycles. The number of hydrogen-bond donors (Lipinski definition) is 1. The van der Waals surface area contributed by atoms with Crippen molar-refractivity contribution in [3.05, 3.63) is 24.3 Å². The predicted octanol–water partition coefficient (Wildman–Crippen LogP) is 2.20. The number of amides is 1. The summed E-state index contributed by atoms with van der Waals surface area (Å²) in [6.45, 7) is 4.19. The van der Waals surface area contributed by atoms with E-state index < -0.39 is 11.6 Å². The van der Waals surface area contributed by atoms with Crippen molar-refractivity contribution in [3.8, 4) is 5.75 Å². The Labute approximate surface area is 117 Å². The van der Waals surface area contributed by atoms with Crippen molar-refractivity contribution in [3.63, 3.8) is 0 Å². The Hall–Kier alpha value is -2.24. The molecule has 0 atom stereocenters. The van der Waals surface area contributed by atoms with Crippen LogP contribution in [0, 0.1) is 5.41 Å². The van der Waals surface area contributed by atoms with Gasteiger partial charge in [-0.25, -0.2) is 4.79 Å². The van der Waals surface area contributed by atoms with E-state index in [1.54, 1.807) is 31.2 Å². The van der Waals surface area contributed by atoms with Gasteiger partial charge in [0.25, 0.3) is 0 Å². The molecule has 0 bridgehead atoms. The van der Waals surface area contributed by atoms with Crippen LogP contribution in [0.25, 0.3) is 0 Å². The molecule has 1 aromatic carbocycles. The Morgan fingerprint density at radius 1 is 1.30 bits per heavy atom. The minimum absolute atomic E-state index is 0.00863. The van der Waals surface area contributed by atoms with Crippen molar-refractivity contribution in [1.82, 2.24) is 0 Å². The van der Waals surface area contributed by atoms with Gasteiger partial charge in [0.2, 0.25) is 5.91 Å². The Bertz CT molecular complexity index is 487. The van der Waals surface area contributed by atoms with Crippen LogP contribution >= 0.6 is 0 Å². The molecule has 1 heterocycles. The van der Waals surface area contributed by atoms with Gasteiger partial charge in [0, 0.05) is 5.69 Å². The summed E-state index contributed by atoms with van der Waals surface area (Å²) < 4.78 is 14.8. The summed E-state index contributed by atoms with van der Waals surface area (Å²) in [6, 6.07) is 7.06. The van der Waals surface area contributed by atoms with Crippen molar-refractivity contribution in [2.24, 2.45) is 5.41 Å². The Morgan fingerprint density at radius 2 is 1.90 bits per heavy atom. The molecule has 1 amide bonds. The van der Waals surface area contributed by atoms with E-state index in [-0.39, 0.29) is 19.1 Å². The largest absolute Gasteiger partial charge is 0.508 e. The van der Waals surface area contributed by atoms with Crippen LogP contribution < -0.4 is 10.1 Å². The maximum absolute atomic E-state index is 12.2. The SMILES string of the molecule is CCOc1ccc(NC(=O)C2(C)COC(=O)OC2)cc1. The van der Waals surface area contributed by atoms with Gasteiger partial charge in [0.05, 0.1) is 6.61 Å². The molecule has 2 rings (SSSR count). The van der Waals surface area contributed by atoms with Gasteiger partial charge in [-0.2, -0.15) is 0 Å². The molecule has 6 heteroatoms. The fourth-order valence-electron chi connectivity index (χ4n) is 1.73. The molecule has 0 radical (unpaired) electrons. The number of carbonyl (C=O) groups is 2. The summed E-state index contributed by atoms with van der Waals surface area (Å²) in [5.74, 6) is 0.487. The van der Waals surface area contributed by atoms with Gasteiger partial charge in [-0.05, 0) is 38.1 Å². The Kier molecular flexibility index (Phi) is 4.12. The first-order chi connectivity index (χ1) is 9.53. The molecule has 1 aliphatic heterocycles. The minimum atomic E-state index is -0.882. The summed E-state index contributed by atoms with van der Waals surface area (Å²) in [6.07, 6.45) is -0.739. The normalized spacial score (nSPS) is 16.8. The van der Waals surface area contributed by atoms with E-state index in [0.29, 0.717) is 12.3 Å². The van der Waals surface area contributed by atoms with E-state index in [0.717, 1.165) is 5.75 Å². The van der Waals surface area contributed by atoms with Crippen LogP contribution in [0.3, 0.4) is 0 Å². The molecule has 6 nitrogen and oxygen atoms in total. The summed E-state index contributed by atoms with van der Waals surface area (Å²) >= 11 is 0. The number of carbonyl (C=O) groups excluding carboxylic acids is 2. The van der Waals surface area contributed by atoms with Crippen LogP contribution in [0.5, 0.6) is 5.75 Å². The first kappa shape index (κ1) is 14.2. The van der Waals surface area contributed by atoms with Crippen LogP contribution in [0.15, 0.2) is 24.3 Å². The predicted molar refractivity (Wildman–Crippen MR) is 71.6 cm³/mol. The fraction of sp³-hybridized carbons (Fsp3) is 0.429. The Morgan fingerprint density at radius 3 is 2.45 bits per heavy atom. The highest BCUT2D eigenvalue weighted by Gasteiger charge is 2.40. The second-order valence-corrected chi connectivity index (χ2v) is 4.80. The van der Waals surface area contributed by atoms with E-state index >= 15 is 0 Å². The van der Waals surface area contributed by atoms with Crippen LogP contribution in [-0.4, -0.2) is 31.9 Å². The molecule has 0 spiro atoms. The van der Waals surface area contributed by atoms with Crippen molar-refractivity contribution in [2.45, 2.75) is 13.8 Å². The maximum Gasteiger partial charge on any atom is 0.508 e. The average molecular weight is 279 g/mol. The third-order valence-corrected chi connectivity index (χ3v) is 2.99. The highest BCUT2D eigenvalue weighted by Crippen LogP contribution is 2.25. The van der Waals surface area contributed by atoms with Gasteiger partial charge in [-0.3, -0.25) is 4.79 Å². The molecule has 1 saturated heterocycles. The molecule has 1 N–H and O–H groups in total. The Balaban J connectivity index is 1.98. The first-order valence-electron chi connectivity index (χ1n) is 6.37. The molecule has 1 aliphatic rings. The number of rotatable bonds is 4. The van der Waals surface area contributed by atoms with E-state index in [9.17, 15) is 9.59 Å². The van der Waals surface area contributed by atoms with E-state index in [1.165, 1.54) is 0 Å². The smallest absolute Gasteiger partial charge is 0.494 e. The van der Waals surface area contributed by atoms with E-state index in [4.69, 9.17) is 14.2 Å². The van der Waals surface area contributed by atoms with Crippen molar-refractivity contribution in [2.75, 3.05) is 25.1 Å². The zero-order chi connectivity index (χ0) is 14.6. The average Bonchev–Trinajstić information content (AvgIpc) is 2.45. The van der Waals surface area contributed by atoms with Crippen molar-refractivity contribution >= 4 is 17.7 Å². The van der Waals surface area contributed by atoms with Gasteiger partial charge >= 0.3 is 6.16 Å². The third kappa shape index (κ3) is 3.20. The maximum atomic E-state index is 12.2. The number of benzene rings is 1. The van der Waals surface area contributed by atoms with Gasteiger partial charge < -0.3 is 19.5 Å². The second-order valence-electron chi connectivity index (χ2n) is 4.80. The van der Waals surface area contributed by atoms with Crippen LogP contribution in [0.2, 0.25) is 0 Å². The van der Waals surface area contributed by atoms with Crippen LogP contribution in [0.4, 0.5) is 10.5 Å². The molecule has 0 saturated carbocycles. The molecular formula is C14H17NO5. The second kappa shape index (κ2) is 5.81. The lowest BCUT2D eigenvalue weighted by molar-refractivity contribution is -0.135. The monoisotopic (exact) mass is 279 g/mol. The number of cyclic esters (lactones) is 2. The number of anilines is 1. The lowest BCUT2D eigenvalue weighted by Gasteiger charge is -2.30. The fourth-order valence-corrected chi connectivity index (χ4v) is 1.73. The lowest BCUT2D eigenvalue weighted by atomic mass is 9.91. The molecular weight excluding hydrogens is 262 g/mol.